The van der Waals surface area contributed by atoms with E-state index in [-0.39, 0.29) is 17.2 Å². The number of hydrogen-bond donors (Lipinski definition) is 2. The molecule has 1 aliphatic rings. The Hall–Kier alpha value is -3.69. The van der Waals surface area contributed by atoms with Crippen LogP contribution in [0.2, 0.25) is 0 Å². The molecule has 2 heterocycles. The van der Waals surface area contributed by atoms with Crippen molar-refractivity contribution in [3.05, 3.63) is 65.7 Å². The van der Waals surface area contributed by atoms with Gasteiger partial charge in [0, 0.05) is 31.0 Å². The molecule has 2 aromatic carbocycles. The number of hydrogen-bond acceptors (Lipinski definition) is 5. The van der Waals surface area contributed by atoms with Gasteiger partial charge in [0.1, 0.15) is 5.82 Å². The van der Waals surface area contributed by atoms with Crippen molar-refractivity contribution >= 4 is 23.2 Å². The Labute approximate surface area is 187 Å². The number of alkyl halides is 3. The predicted octanol–water partition coefficient (Wildman–Crippen LogP) is 5.13. The number of nitrogens with one attached hydrogen (secondary N) is 1. The smallest absolute Gasteiger partial charge is 0.370 e. The second kappa shape index (κ2) is 9.05. The molecule has 1 aromatic heterocycles. The van der Waals surface area contributed by atoms with Gasteiger partial charge in [-0.15, -0.1) is 0 Å². The van der Waals surface area contributed by atoms with Gasteiger partial charge in [-0.1, -0.05) is 6.07 Å². The largest absolute Gasteiger partial charge is 0.416 e. The molecule has 0 aliphatic carbocycles. The normalized spacial score (nSPS) is 14.2. The fourth-order valence-electron chi connectivity index (χ4n) is 3.78. The Morgan fingerprint density at radius 1 is 0.970 bits per heavy atom. The molecule has 3 aromatic rings. The molecular formula is C23H21F4N5O. The molecule has 0 spiro atoms. The molecule has 6 nitrogen and oxygen atoms in total. The fraction of sp³-hybridized carbons (Fsp3) is 0.261. The number of piperidine rings is 1. The lowest BCUT2D eigenvalue weighted by atomic mass is 10.0. The van der Waals surface area contributed by atoms with Gasteiger partial charge in [0.2, 0.25) is 5.95 Å². The molecule has 1 aliphatic heterocycles. The zero-order chi connectivity index (χ0) is 23.6. The summed E-state index contributed by atoms with van der Waals surface area (Å²) < 4.78 is 54.5. The second-order valence-corrected chi connectivity index (χ2v) is 7.76. The highest BCUT2D eigenvalue weighted by molar-refractivity contribution is 6.06. The van der Waals surface area contributed by atoms with Crippen LogP contribution < -0.4 is 16.0 Å². The molecule has 0 unspecified atom stereocenters. The van der Waals surface area contributed by atoms with Crippen molar-refractivity contribution in [2.24, 2.45) is 0 Å². The number of nitrogens with zero attached hydrogens (tertiary/aromatic N) is 3. The molecule has 0 atom stereocenters. The van der Waals surface area contributed by atoms with E-state index in [4.69, 9.17) is 5.73 Å². The van der Waals surface area contributed by atoms with E-state index in [0.29, 0.717) is 29.9 Å². The first-order valence-corrected chi connectivity index (χ1v) is 10.4. The van der Waals surface area contributed by atoms with Crippen LogP contribution in [0.5, 0.6) is 0 Å². The van der Waals surface area contributed by atoms with E-state index in [1.165, 1.54) is 30.6 Å². The predicted molar refractivity (Wildman–Crippen MR) is 117 cm³/mol. The van der Waals surface area contributed by atoms with Crippen molar-refractivity contribution in [1.29, 1.82) is 0 Å². The molecule has 172 valence electrons. The molecule has 0 bridgehead atoms. The lowest BCUT2D eigenvalue weighted by molar-refractivity contribution is -0.137. The highest BCUT2D eigenvalue weighted by atomic mass is 19.4. The number of halogens is 4. The first-order valence-electron chi connectivity index (χ1n) is 10.4. The van der Waals surface area contributed by atoms with Crippen LogP contribution in [0.1, 0.15) is 35.2 Å². The van der Waals surface area contributed by atoms with Gasteiger partial charge in [0.05, 0.1) is 22.5 Å². The zero-order valence-corrected chi connectivity index (χ0v) is 17.5. The van der Waals surface area contributed by atoms with Crippen LogP contribution in [-0.4, -0.2) is 29.0 Å². The summed E-state index contributed by atoms with van der Waals surface area (Å²) in [5, 5.41) is 2.49. The van der Waals surface area contributed by atoms with E-state index < -0.39 is 23.5 Å². The Bertz CT molecular complexity index is 1160. The number of aromatic nitrogens is 2. The Kier molecular flexibility index (Phi) is 6.17. The number of amides is 1. The number of nitrogen functional groups attached to an aromatic ring is 1. The number of nitrogens with two attached hydrogens (primary N) is 1. The molecule has 1 saturated heterocycles. The number of carbonyl (C=O) groups excluding carboxylic acids is 1. The summed E-state index contributed by atoms with van der Waals surface area (Å²) in [6.07, 6.45) is 1.10. The Morgan fingerprint density at radius 2 is 1.67 bits per heavy atom. The molecule has 4 rings (SSSR count). The van der Waals surface area contributed by atoms with Crippen molar-refractivity contribution in [2.45, 2.75) is 25.4 Å². The maximum Gasteiger partial charge on any atom is 0.416 e. The van der Waals surface area contributed by atoms with Crippen molar-refractivity contribution in [3.8, 4) is 11.1 Å². The average Bonchev–Trinajstić information content (AvgIpc) is 2.80. The van der Waals surface area contributed by atoms with Crippen LogP contribution in [-0.2, 0) is 6.18 Å². The number of anilines is 3. The summed E-state index contributed by atoms with van der Waals surface area (Å²) in [6.45, 7) is 1.32. The van der Waals surface area contributed by atoms with Gasteiger partial charge in [-0.3, -0.25) is 4.79 Å². The fourth-order valence-corrected chi connectivity index (χ4v) is 3.78. The minimum Gasteiger partial charge on any atom is -0.370 e. The summed E-state index contributed by atoms with van der Waals surface area (Å²) >= 11 is 0. The van der Waals surface area contributed by atoms with E-state index in [1.807, 2.05) is 4.90 Å². The van der Waals surface area contributed by atoms with E-state index in [2.05, 4.69) is 15.3 Å². The third kappa shape index (κ3) is 5.05. The first-order chi connectivity index (χ1) is 15.7. The summed E-state index contributed by atoms with van der Waals surface area (Å²) in [4.78, 5) is 22.6. The molecule has 10 heteroatoms. The van der Waals surface area contributed by atoms with Crippen LogP contribution in [0, 0.1) is 5.82 Å². The van der Waals surface area contributed by atoms with Gasteiger partial charge in [0.15, 0.2) is 0 Å². The van der Waals surface area contributed by atoms with Gasteiger partial charge < -0.3 is 16.0 Å². The lowest BCUT2D eigenvalue weighted by Crippen LogP contribution is -2.30. The summed E-state index contributed by atoms with van der Waals surface area (Å²) in [5.41, 5.74) is 5.69. The van der Waals surface area contributed by atoms with Gasteiger partial charge in [-0.05, 0) is 55.2 Å². The van der Waals surface area contributed by atoms with E-state index in [9.17, 15) is 22.4 Å². The Balaban J connectivity index is 1.68. The van der Waals surface area contributed by atoms with Crippen LogP contribution in [0.15, 0.2) is 48.8 Å². The Morgan fingerprint density at radius 3 is 2.33 bits per heavy atom. The highest BCUT2D eigenvalue weighted by Gasteiger charge is 2.32. The molecule has 33 heavy (non-hydrogen) atoms. The molecule has 1 fully saturated rings. The second-order valence-electron chi connectivity index (χ2n) is 7.76. The first kappa shape index (κ1) is 22.5. The van der Waals surface area contributed by atoms with Gasteiger partial charge in [-0.2, -0.15) is 13.2 Å². The molecule has 3 N–H and O–H groups in total. The van der Waals surface area contributed by atoms with Gasteiger partial charge in [0.25, 0.3) is 5.91 Å². The number of carbonyl (C=O) groups is 1. The van der Waals surface area contributed by atoms with E-state index in [1.54, 1.807) is 0 Å². The molecular weight excluding hydrogens is 438 g/mol. The monoisotopic (exact) mass is 459 g/mol. The van der Waals surface area contributed by atoms with Crippen LogP contribution in [0.3, 0.4) is 0 Å². The molecule has 1 amide bonds. The van der Waals surface area contributed by atoms with Crippen molar-refractivity contribution in [3.63, 3.8) is 0 Å². The van der Waals surface area contributed by atoms with Crippen molar-refractivity contribution < 1.29 is 22.4 Å². The standard InChI is InChI=1S/C23H21F4N5O/c24-18-6-4-14(15-12-29-22(28)30-13-15)10-17(18)21(33)31-19-11-16(23(25,26)27)5-7-20(19)32-8-2-1-3-9-32/h4-7,10-13H,1-3,8-9H2,(H,31,33)(H2,28,29,30). The van der Waals surface area contributed by atoms with Crippen LogP contribution in [0.25, 0.3) is 11.1 Å². The van der Waals surface area contributed by atoms with Crippen LogP contribution >= 0.6 is 0 Å². The lowest BCUT2D eigenvalue weighted by Gasteiger charge is -2.31. The maximum absolute atomic E-state index is 14.5. The van der Waals surface area contributed by atoms with E-state index in [0.717, 1.165) is 37.5 Å². The molecule has 0 saturated carbocycles. The highest BCUT2D eigenvalue weighted by Crippen LogP contribution is 2.36. The SMILES string of the molecule is Nc1ncc(-c2ccc(F)c(C(=O)Nc3cc(C(F)(F)F)ccc3N3CCCCC3)c2)cn1. The van der Waals surface area contributed by atoms with E-state index >= 15 is 0 Å². The van der Waals surface area contributed by atoms with Gasteiger partial charge in [-0.25, -0.2) is 14.4 Å². The quantitative estimate of drug-likeness (QED) is 0.529. The minimum absolute atomic E-state index is 0.0163. The summed E-state index contributed by atoms with van der Waals surface area (Å²) in [6, 6.07) is 7.08. The topological polar surface area (TPSA) is 84.1 Å². The molecule has 0 radical (unpaired) electrons. The third-order valence-corrected chi connectivity index (χ3v) is 5.48. The number of benzene rings is 2. The number of rotatable bonds is 4. The third-order valence-electron chi connectivity index (χ3n) is 5.48. The van der Waals surface area contributed by atoms with Crippen LogP contribution in [0.4, 0.5) is 34.9 Å². The minimum atomic E-state index is -4.58. The summed E-state index contributed by atoms with van der Waals surface area (Å²) in [5.74, 6) is -1.60. The van der Waals surface area contributed by atoms with Crippen molar-refractivity contribution in [2.75, 3.05) is 29.0 Å². The van der Waals surface area contributed by atoms with Gasteiger partial charge >= 0.3 is 6.18 Å². The van der Waals surface area contributed by atoms with Crippen molar-refractivity contribution in [1.82, 2.24) is 9.97 Å². The zero-order valence-electron chi connectivity index (χ0n) is 17.5. The maximum atomic E-state index is 14.5. The average molecular weight is 459 g/mol. The summed E-state index contributed by atoms with van der Waals surface area (Å²) in [7, 11) is 0.